The van der Waals surface area contributed by atoms with Gasteiger partial charge in [0.15, 0.2) is 11.5 Å². The molecular weight excluding hydrogens is 276 g/mol. The summed E-state index contributed by atoms with van der Waals surface area (Å²) in [6, 6.07) is 19.2. The van der Waals surface area contributed by atoms with Crippen molar-refractivity contribution in [3.8, 4) is 11.3 Å². The number of benzene rings is 2. The molecule has 0 amide bonds. The molecule has 0 radical (unpaired) electrons. The normalized spacial score (nSPS) is 10.4. The Bertz CT molecular complexity index is 779. The van der Waals surface area contributed by atoms with E-state index in [1.54, 1.807) is 13.0 Å². The third-order valence-corrected chi connectivity index (χ3v) is 3.36. The molecule has 0 unspecified atom stereocenters. The lowest BCUT2D eigenvalue weighted by molar-refractivity contribution is 0.101. The van der Waals surface area contributed by atoms with Gasteiger partial charge in [0.25, 0.3) is 0 Å². The first-order chi connectivity index (χ1) is 10.7. The standard InChI is InChI=1S/C18H16N2O2/c1-13(21)15-8-5-9-16(10-15)19-12-17-11-18(20-22-17)14-6-3-2-4-7-14/h2-11,19H,12H2,1H3. The highest BCUT2D eigenvalue weighted by Crippen LogP contribution is 2.19. The van der Waals surface area contributed by atoms with E-state index in [1.807, 2.05) is 54.6 Å². The Hall–Kier alpha value is -2.88. The molecule has 2 aromatic carbocycles. The molecule has 1 aromatic heterocycles. The van der Waals surface area contributed by atoms with E-state index in [1.165, 1.54) is 0 Å². The van der Waals surface area contributed by atoms with Gasteiger partial charge in [0, 0.05) is 22.9 Å². The minimum absolute atomic E-state index is 0.0506. The predicted octanol–water partition coefficient (Wildman–Crippen LogP) is 4.16. The van der Waals surface area contributed by atoms with Gasteiger partial charge < -0.3 is 9.84 Å². The van der Waals surface area contributed by atoms with Crippen LogP contribution in [0.25, 0.3) is 11.3 Å². The summed E-state index contributed by atoms with van der Waals surface area (Å²) >= 11 is 0. The smallest absolute Gasteiger partial charge is 0.159 e. The van der Waals surface area contributed by atoms with Crippen molar-refractivity contribution in [2.75, 3.05) is 5.32 Å². The fourth-order valence-electron chi connectivity index (χ4n) is 2.18. The second-order valence-corrected chi connectivity index (χ2v) is 5.04. The molecular formula is C18H16N2O2. The summed E-state index contributed by atoms with van der Waals surface area (Å²) in [6.07, 6.45) is 0. The Morgan fingerprint density at radius 3 is 2.68 bits per heavy atom. The van der Waals surface area contributed by atoms with Crippen LogP contribution >= 0.6 is 0 Å². The van der Waals surface area contributed by atoms with Crippen molar-refractivity contribution < 1.29 is 9.32 Å². The Labute approximate surface area is 128 Å². The SMILES string of the molecule is CC(=O)c1cccc(NCc2cc(-c3ccccc3)no2)c1. The number of aromatic nitrogens is 1. The van der Waals surface area contributed by atoms with E-state index in [2.05, 4.69) is 10.5 Å². The van der Waals surface area contributed by atoms with Gasteiger partial charge in [-0.2, -0.15) is 0 Å². The number of nitrogens with one attached hydrogen (secondary N) is 1. The maximum atomic E-state index is 11.4. The van der Waals surface area contributed by atoms with Crippen LogP contribution in [-0.2, 0) is 6.54 Å². The van der Waals surface area contributed by atoms with Gasteiger partial charge in [-0.25, -0.2) is 0 Å². The van der Waals surface area contributed by atoms with Gasteiger partial charge in [0.2, 0.25) is 0 Å². The van der Waals surface area contributed by atoms with Crippen molar-refractivity contribution in [1.29, 1.82) is 0 Å². The molecule has 0 atom stereocenters. The number of hydrogen-bond acceptors (Lipinski definition) is 4. The average Bonchev–Trinajstić information content (AvgIpc) is 3.03. The van der Waals surface area contributed by atoms with E-state index >= 15 is 0 Å². The van der Waals surface area contributed by atoms with Crippen LogP contribution in [0.4, 0.5) is 5.69 Å². The third kappa shape index (κ3) is 3.23. The van der Waals surface area contributed by atoms with Gasteiger partial charge in [-0.1, -0.05) is 47.6 Å². The summed E-state index contributed by atoms with van der Waals surface area (Å²) in [5.41, 5.74) is 3.41. The van der Waals surface area contributed by atoms with Gasteiger partial charge in [-0.15, -0.1) is 0 Å². The number of ketones is 1. The van der Waals surface area contributed by atoms with Crippen LogP contribution in [0.3, 0.4) is 0 Å². The van der Waals surface area contributed by atoms with Crippen molar-refractivity contribution in [3.63, 3.8) is 0 Å². The fourth-order valence-corrected chi connectivity index (χ4v) is 2.18. The molecule has 1 N–H and O–H groups in total. The number of anilines is 1. The molecule has 22 heavy (non-hydrogen) atoms. The number of nitrogens with zero attached hydrogens (tertiary/aromatic N) is 1. The molecule has 0 saturated carbocycles. The molecule has 0 spiro atoms. The lowest BCUT2D eigenvalue weighted by Crippen LogP contribution is -2.00. The van der Waals surface area contributed by atoms with Gasteiger partial charge in [-0.05, 0) is 19.1 Å². The average molecular weight is 292 g/mol. The first kappa shape index (κ1) is 14.1. The minimum atomic E-state index is 0.0506. The van der Waals surface area contributed by atoms with Crippen LogP contribution in [0.1, 0.15) is 23.0 Å². The van der Waals surface area contributed by atoms with E-state index < -0.39 is 0 Å². The first-order valence-corrected chi connectivity index (χ1v) is 7.08. The molecule has 0 aliphatic rings. The largest absolute Gasteiger partial charge is 0.378 e. The topological polar surface area (TPSA) is 55.1 Å². The van der Waals surface area contributed by atoms with Crippen LogP contribution < -0.4 is 5.32 Å². The molecule has 0 saturated heterocycles. The van der Waals surface area contributed by atoms with E-state index in [4.69, 9.17) is 4.52 Å². The van der Waals surface area contributed by atoms with Crippen LogP contribution in [0.5, 0.6) is 0 Å². The van der Waals surface area contributed by atoms with Crippen molar-refractivity contribution in [1.82, 2.24) is 5.16 Å². The summed E-state index contributed by atoms with van der Waals surface area (Å²) in [5, 5.41) is 7.31. The fraction of sp³-hybridized carbons (Fsp3) is 0.111. The quantitative estimate of drug-likeness (QED) is 0.717. The molecule has 0 aliphatic heterocycles. The highest BCUT2D eigenvalue weighted by Gasteiger charge is 2.06. The van der Waals surface area contributed by atoms with E-state index in [0.717, 1.165) is 22.7 Å². The van der Waals surface area contributed by atoms with Gasteiger partial charge in [-0.3, -0.25) is 4.79 Å². The summed E-state index contributed by atoms with van der Waals surface area (Å²) < 4.78 is 5.34. The van der Waals surface area contributed by atoms with E-state index in [-0.39, 0.29) is 5.78 Å². The highest BCUT2D eigenvalue weighted by molar-refractivity contribution is 5.94. The summed E-state index contributed by atoms with van der Waals surface area (Å²) in [6.45, 7) is 2.07. The van der Waals surface area contributed by atoms with Crippen LogP contribution in [0.2, 0.25) is 0 Å². The van der Waals surface area contributed by atoms with Gasteiger partial charge in [0.05, 0.1) is 6.54 Å². The zero-order chi connectivity index (χ0) is 15.4. The molecule has 3 aromatic rings. The lowest BCUT2D eigenvalue weighted by Gasteiger charge is -2.04. The number of rotatable bonds is 5. The molecule has 3 rings (SSSR count). The number of carbonyl (C=O) groups excluding carboxylic acids is 1. The number of hydrogen-bond donors (Lipinski definition) is 1. The second kappa shape index (κ2) is 6.26. The van der Waals surface area contributed by atoms with E-state index in [0.29, 0.717) is 12.1 Å². The van der Waals surface area contributed by atoms with Crippen LogP contribution in [0.15, 0.2) is 65.2 Å². The first-order valence-electron chi connectivity index (χ1n) is 7.08. The van der Waals surface area contributed by atoms with Crippen molar-refractivity contribution in [2.45, 2.75) is 13.5 Å². The number of Topliss-reactive ketones (excluding diaryl/α,β-unsaturated/α-hetero) is 1. The molecule has 1 heterocycles. The molecule has 0 aliphatic carbocycles. The van der Waals surface area contributed by atoms with E-state index in [9.17, 15) is 4.79 Å². The maximum absolute atomic E-state index is 11.4. The summed E-state index contributed by atoms with van der Waals surface area (Å²) in [7, 11) is 0. The zero-order valence-electron chi connectivity index (χ0n) is 12.2. The Balaban J connectivity index is 1.69. The monoisotopic (exact) mass is 292 g/mol. The van der Waals surface area contributed by atoms with Gasteiger partial charge in [0.1, 0.15) is 5.69 Å². The summed E-state index contributed by atoms with van der Waals surface area (Å²) in [5.74, 6) is 0.793. The molecule has 4 nitrogen and oxygen atoms in total. The molecule has 4 heteroatoms. The lowest BCUT2D eigenvalue weighted by atomic mass is 10.1. The van der Waals surface area contributed by atoms with Gasteiger partial charge >= 0.3 is 0 Å². The van der Waals surface area contributed by atoms with Crippen LogP contribution in [0, 0.1) is 0 Å². The number of carbonyl (C=O) groups is 1. The molecule has 0 fully saturated rings. The molecule has 0 bridgehead atoms. The Morgan fingerprint density at radius 2 is 1.91 bits per heavy atom. The van der Waals surface area contributed by atoms with Crippen molar-refractivity contribution in [3.05, 3.63) is 72.0 Å². The Morgan fingerprint density at radius 1 is 1.09 bits per heavy atom. The summed E-state index contributed by atoms with van der Waals surface area (Å²) in [4.78, 5) is 11.4. The molecule has 110 valence electrons. The minimum Gasteiger partial charge on any atom is -0.378 e. The van der Waals surface area contributed by atoms with Crippen LogP contribution in [-0.4, -0.2) is 10.9 Å². The second-order valence-electron chi connectivity index (χ2n) is 5.04. The Kier molecular flexibility index (Phi) is 4.01. The highest BCUT2D eigenvalue weighted by atomic mass is 16.5. The maximum Gasteiger partial charge on any atom is 0.159 e. The van der Waals surface area contributed by atoms with Crippen molar-refractivity contribution in [2.24, 2.45) is 0 Å². The van der Waals surface area contributed by atoms with Crippen molar-refractivity contribution >= 4 is 11.5 Å². The zero-order valence-corrected chi connectivity index (χ0v) is 12.2. The third-order valence-electron chi connectivity index (χ3n) is 3.36. The predicted molar refractivity (Wildman–Crippen MR) is 85.7 cm³/mol.